The van der Waals surface area contributed by atoms with Gasteiger partial charge in [0.1, 0.15) is 18.2 Å². The summed E-state index contributed by atoms with van der Waals surface area (Å²) in [5, 5.41) is 7.40. The van der Waals surface area contributed by atoms with E-state index in [1.54, 1.807) is 19.2 Å². The second-order valence-corrected chi connectivity index (χ2v) is 6.64. The number of aryl methyl sites for hydroxylation is 1. The molecule has 128 valence electrons. The van der Waals surface area contributed by atoms with E-state index in [4.69, 9.17) is 4.74 Å². The van der Waals surface area contributed by atoms with Crippen LogP contribution >= 0.6 is 15.9 Å². The van der Waals surface area contributed by atoms with Crippen molar-refractivity contribution < 1.29 is 13.9 Å². The van der Waals surface area contributed by atoms with Gasteiger partial charge in [-0.15, -0.1) is 0 Å². The summed E-state index contributed by atoms with van der Waals surface area (Å²) in [4.78, 5) is 16.6. The van der Waals surface area contributed by atoms with Gasteiger partial charge in [0.15, 0.2) is 5.82 Å². The van der Waals surface area contributed by atoms with Gasteiger partial charge in [-0.1, -0.05) is 6.07 Å². The van der Waals surface area contributed by atoms with Gasteiger partial charge in [0.05, 0.1) is 17.4 Å². The quantitative estimate of drug-likeness (QED) is 0.838. The number of benzene rings is 1. The smallest absolute Gasteiger partial charge is 0.224 e. The van der Waals surface area contributed by atoms with Gasteiger partial charge in [0.2, 0.25) is 5.91 Å². The number of nitrogens with zero attached hydrogens (tertiary/aromatic N) is 3. The number of halogens is 2. The number of hydrogen-bond donors (Lipinski definition) is 1. The molecule has 0 radical (unpaired) electrons. The first-order valence-electron chi connectivity index (χ1n) is 7.70. The Labute approximate surface area is 147 Å². The molecule has 0 bridgehead atoms. The first kappa shape index (κ1) is 17.0. The van der Waals surface area contributed by atoms with Crippen molar-refractivity contribution in [2.24, 2.45) is 0 Å². The molecular formula is C16H18BrFN4O2. The topological polar surface area (TPSA) is 69.0 Å². The van der Waals surface area contributed by atoms with Gasteiger partial charge < -0.3 is 10.1 Å². The van der Waals surface area contributed by atoms with E-state index in [9.17, 15) is 9.18 Å². The molecule has 1 aromatic carbocycles. The molecule has 2 heterocycles. The summed E-state index contributed by atoms with van der Waals surface area (Å²) in [5.41, 5.74) is 0.764. The fourth-order valence-electron chi connectivity index (χ4n) is 2.78. The summed E-state index contributed by atoms with van der Waals surface area (Å²) in [5.74, 6) is 1.17. The molecule has 0 spiro atoms. The molecule has 1 atom stereocenters. The second kappa shape index (κ2) is 7.40. The van der Waals surface area contributed by atoms with E-state index in [0.29, 0.717) is 23.4 Å². The van der Waals surface area contributed by atoms with Crippen molar-refractivity contribution in [2.75, 3.05) is 7.11 Å². The lowest BCUT2D eigenvalue weighted by atomic mass is 10.1. The summed E-state index contributed by atoms with van der Waals surface area (Å²) in [6.45, 7) is 0.987. The van der Waals surface area contributed by atoms with Crippen molar-refractivity contribution in [3.63, 3.8) is 0 Å². The standard InChI is InChI=1S/C16H18BrFN4O2/c1-24-9-14-20-15-5-3-11(8-22(15)21-14)19-16(23)7-10-2-4-13(18)12(17)6-10/h2,4,6,11H,3,5,7-9H2,1H3,(H,19,23). The zero-order chi connectivity index (χ0) is 17.1. The third kappa shape index (κ3) is 3.99. The monoisotopic (exact) mass is 396 g/mol. The van der Waals surface area contributed by atoms with E-state index in [1.807, 2.05) is 4.68 Å². The molecule has 6 nitrogen and oxygen atoms in total. The van der Waals surface area contributed by atoms with Crippen LogP contribution in [0.25, 0.3) is 0 Å². The van der Waals surface area contributed by atoms with Crippen LogP contribution < -0.4 is 5.32 Å². The van der Waals surface area contributed by atoms with Crippen molar-refractivity contribution in [1.82, 2.24) is 20.1 Å². The van der Waals surface area contributed by atoms with Crippen LogP contribution in [0.2, 0.25) is 0 Å². The fourth-order valence-corrected chi connectivity index (χ4v) is 3.21. The van der Waals surface area contributed by atoms with Crippen molar-refractivity contribution in [1.29, 1.82) is 0 Å². The highest BCUT2D eigenvalue weighted by Crippen LogP contribution is 2.18. The number of ether oxygens (including phenoxy) is 1. The number of carbonyl (C=O) groups excluding carboxylic acids is 1. The molecule has 1 aliphatic heterocycles. The third-order valence-electron chi connectivity index (χ3n) is 3.89. The van der Waals surface area contributed by atoms with Crippen LogP contribution in [-0.4, -0.2) is 33.8 Å². The predicted molar refractivity (Wildman–Crippen MR) is 88.8 cm³/mol. The number of carbonyl (C=O) groups is 1. The number of nitrogens with one attached hydrogen (secondary N) is 1. The minimum atomic E-state index is -0.336. The van der Waals surface area contributed by atoms with E-state index in [-0.39, 0.29) is 24.2 Å². The molecule has 1 aliphatic rings. The van der Waals surface area contributed by atoms with Crippen LogP contribution in [0.1, 0.15) is 23.6 Å². The number of aromatic nitrogens is 3. The Kier molecular flexibility index (Phi) is 5.25. The Morgan fingerprint density at radius 2 is 2.38 bits per heavy atom. The Morgan fingerprint density at radius 3 is 3.12 bits per heavy atom. The zero-order valence-electron chi connectivity index (χ0n) is 13.3. The van der Waals surface area contributed by atoms with E-state index < -0.39 is 0 Å². The highest BCUT2D eigenvalue weighted by Gasteiger charge is 2.23. The third-order valence-corrected chi connectivity index (χ3v) is 4.50. The average Bonchev–Trinajstić information content (AvgIpc) is 2.93. The molecule has 0 aliphatic carbocycles. The van der Waals surface area contributed by atoms with Crippen molar-refractivity contribution >= 4 is 21.8 Å². The van der Waals surface area contributed by atoms with Crippen LogP contribution in [-0.2, 0) is 35.5 Å². The van der Waals surface area contributed by atoms with Crippen molar-refractivity contribution in [3.8, 4) is 0 Å². The molecule has 8 heteroatoms. The highest BCUT2D eigenvalue weighted by molar-refractivity contribution is 9.10. The maximum Gasteiger partial charge on any atom is 0.224 e. The van der Waals surface area contributed by atoms with E-state index >= 15 is 0 Å². The Balaban J connectivity index is 1.57. The lowest BCUT2D eigenvalue weighted by Crippen LogP contribution is -2.42. The molecule has 2 aromatic rings. The average molecular weight is 397 g/mol. The van der Waals surface area contributed by atoms with Gasteiger partial charge in [-0.2, -0.15) is 5.10 Å². The molecule has 1 amide bonds. The van der Waals surface area contributed by atoms with Crippen LogP contribution in [0.5, 0.6) is 0 Å². The Hall–Kier alpha value is -1.80. The molecule has 0 saturated heterocycles. The molecule has 1 N–H and O–H groups in total. The fraction of sp³-hybridized carbons (Fsp3) is 0.438. The highest BCUT2D eigenvalue weighted by atomic mass is 79.9. The first-order valence-corrected chi connectivity index (χ1v) is 8.49. The predicted octanol–water partition coefficient (Wildman–Crippen LogP) is 2.00. The van der Waals surface area contributed by atoms with E-state index in [2.05, 4.69) is 31.3 Å². The number of rotatable bonds is 5. The summed E-state index contributed by atoms with van der Waals surface area (Å²) in [6.07, 6.45) is 1.81. The maximum absolute atomic E-state index is 13.2. The van der Waals surface area contributed by atoms with Gasteiger partial charge >= 0.3 is 0 Å². The van der Waals surface area contributed by atoms with Gasteiger partial charge in [0, 0.05) is 19.6 Å². The summed E-state index contributed by atoms with van der Waals surface area (Å²) < 4.78 is 20.5. The lowest BCUT2D eigenvalue weighted by molar-refractivity contribution is -0.121. The zero-order valence-corrected chi connectivity index (χ0v) is 14.8. The maximum atomic E-state index is 13.2. The van der Waals surface area contributed by atoms with Crippen LogP contribution in [0.3, 0.4) is 0 Å². The molecular weight excluding hydrogens is 379 g/mol. The molecule has 1 unspecified atom stereocenters. The largest absolute Gasteiger partial charge is 0.377 e. The van der Waals surface area contributed by atoms with Gasteiger partial charge in [-0.05, 0) is 40.0 Å². The summed E-state index contributed by atoms with van der Waals surface area (Å²) in [7, 11) is 1.61. The van der Waals surface area contributed by atoms with E-state index in [1.165, 1.54) is 6.07 Å². The molecule has 24 heavy (non-hydrogen) atoms. The minimum absolute atomic E-state index is 0.0194. The lowest BCUT2D eigenvalue weighted by Gasteiger charge is -2.23. The number of hydrogen-bond acceptors (Lipinski definition) is 4. The van der Waals surface area contributed by atoms with Gasteiger partial charge in [0.25, 0.3) is 0 Å². The van der Waals surface area contributed by atoms with Gasteiger partial charge in [-0.25, -0.2) is 14.1 Å². The number of fused-ring (bicyclic) bond motifs is 1. The molecule has 0 fully saturated rings. The van der Waals surface area contributed by atoms with Crippen molar-refractivity contribution in [3.05, 3.63) is 45.7 Å². The minimum Gasteiger partial charge on any atom is -0.377 e. The SMILES string of the molecule is COCc1nc2n(n1)CC(NC(=O)Cc1ccc(F)c(Br)c1)CC2. The summed E-state index contributed by atoms with van der Waals surface area (Å²) in [6, 6.07) is 4.62. The summed E-state index contributed by atoms with van der Waals surface area (Å²) >= 11 is 3.13. The van der Waals surface area contributed by atoms with Crippen molar-refractivity contribution in [2.45, 2.75) is 38.5 Å². The Morgan fingerprint density at radius 1 is 1.54 bits per heavy atom. The van der Waals surface area contributed by atoms with Crippen LogP contribution in [0.4, 0.5) is 4.39 Å². The first-order chi connectivity index (χ1) is 11.5. The van der Waals surface area contributed by atoms with Gasteiger partial charge in [-0.3, -0.25) is 4.79 Å². The number of amides is 1. The second-order valence-electron chi connectivity index (χ2n) is 5.79. The molecule has 3 rings (SSSR count). The van der Waals surface area contributed by atoms with Crippen LogP contribution in [0.15, 0.2) is 22.7 Å². The molecule has 0 saturated carbocycles. The number of methoxy groups -OCH3 is 1. The van der Waals surface area contributed by atoms with E-state index in [0.717, 1.165) is 24.2 Å². The van der Waals surface area contributed by atoms with Crippen LogP contribution in [0, 0.1) is 5.82 Å². The Bertz CT molecular complexity index is 750. The molecule has 1 aromatic heterocycles. The normalized spacial score (nSPS) is 16.7.